The van der Waals surface area contributed by atoms with Crippen LogP contribution in [0.2, 0.25) is 0 Å². The fourth-order valence-corrected chi connectivity index (χ4v) is 6.71. The van der Waals surface area contributed by atoms with Crippen LogP contribution in [0.15, 0.2) is 41.2 Å². The lowest BCUT2D eigenvalue weighted by Crippen LogP contribution is -2.65. The molecule has 10 nitrogen and oxygen atoms in total. The zero-order valence-electron chi connectivity index (χ0n) is 23.6. The number of fused-ring (bicyclic) bond motifs is 3. The summed E-state index contributed by atoms with van der Waals surface area (Å²) in [6.07, 6.45) is 0.0458. The molecule has 5 rings (SSSR count). The highest BCUT2D eigenvalue weighted by Gasteiger charge is 2.64. The van der Waals surface area contributed by atoms with Crippen LogP contribution < -0.4 is 10.2 Å². The molecule has 0 radical (unpaired) electrons. The van der Waals surface area contributed by atoms with Gasteiger partial charge in [-0.15, -0.1) is 0 Å². The third-order valence-electron chi connectivity index (χ3n) is 8.61. The number of hydrogen-bond donors (Lipinski definition) is 5. The van der Waals surface area contributed by atoms with Crippen molar-refractivity contribution in [3.05, 3.63) is 63.9 Å². The van der Waals surface area contributed by atoms with Gasteiger partial charge in [0.25, 0.3) is 5.91 Å². The second-order valence-electron chi connectivity index (χ2n) is 11.3. The van der Waals surface area contributed by atoms with Crippen molar-refractivity contribution < 1.29 is 43.6 Å². The Balaban J connectivity index is 1.78. The van der Waals surface area contributed by atoms with Gasteiger partial charge in [-0.2, -0.15) is 0 Å². The fraction of sp³-hybridized carbons (Fsp3) is 0.367. The smallest absolute Gasteiger partial charge is 0.258 e. The Morgan fingerprint density at radius 3 is 2.29 bits per heavy atom. The Morgan fingerprint density at radius 2 is 1.71 bits per heavy atom. The number of Topliss-reactive ketones (excluding diaryl/α,β-unsaturated/α-hetero) is 2. The molecule has 12 heteroatoms. The van der Waals surface area contributed by atoms with Crippen molar-refractivity contribution in [3.8, 4) is 16.9 Å². The van der Waals surface area contributed by atoms with E-state index < -0.39 is 75.4 Å². The molecule has 1 fully saturated rings. The first kappa shape index (κ1) is 29.2. The van der Waals surface area contributed by atoms with Crippen LogP contribution >= 0.6 is 0 Å². The number of rotatable bonds is 4. The van der Waals surface area contributed by atoms with E-state index in [1.54, 1.807) is 33.1 Å². The number of nitrogens with one attached hydrogen (secondary N) is 1. The predicted octanol–water partition coefficient (Wildman–Crippen LogP) is 2.24. The lowest BCUT2D eigenvalue weighted by molar-refractivity contribution is -0.153. The topological polar surface area (TPSA) is 151 Å². The Kier molecular flexibility index (Phi) is 6.90. The highest BCUT2D eigenvalue weighted by atomic mass is 19.1. The zero-order valence-corrected chi connectivity index (χ0v) is 23.6. The van der Waals surface area contributed by atoms with Gasteiger partial charge in [-0.1, -0.05) is 0 Å². The molecule has 42 heavy (non-hydrogen) atoms. The van der Waals surface area contributed by atoms with E-state index in [1.807, 2.05) is 0 Å². The van der Waals surface area contributed by atoms with Gasteiger partial charge in [0.2, 0.25) is 5.78 Å². The van der Waals surface area contributed by atoms with E-state index in [-0.39, 0.29) is 35.1 Å². The van der Waals surface area contributed by atoms with E-state index in [1.165, 1.54) is 18.0 Å². The van der Waals surface area contributed by atoms with Gasteiger partial charge < -0.3 is 30.6 Å². The Labute approximate surface area is 240 Å². The lowest BCUT2D eigenvalue weighted by Gasteiger charge is -2.50. The number of likely N-dealkylation sites (N-methyl/N-ethyl adjacent to an activating group) is 2. The summed E-state index contributed by atoms with van der Waals surface area (Å²) in [7, 11) is 7.73. The summed E-state index contributed by atoms with van der Waals surface area (Å²) in [5.74, 6) is -8.92. The molecule has 4 atom stereocenters. The molecule has 1 amide bonds. The standard InChI is InChI=1S/C30H31F2N3O7/c1-33-29(41)22-26(38)23(35(4)5)17-9-12-8-16-19(34(2)3)11-15(14-7-6-13(31)10-18(14)32)24(36)21(16)25(37)20(12)27(39)30(17,42)28(22)40/h6-7,10-12,17,23,36-37,40,42H,8-9H2,1-5H3,(H,33,41)/t12-,17-,23-,30-/m0/s1. The number of phenolic OH excluding ortho intramolecular Hbond substituents is 1. The second kappa shape index (κ2) is 9.92. The van der Waals surface area contributed by atoms with Crippen LogP contribution in [-0.4, -0.2) is 89.7 Å². The summed E-state index contributed by atoms with van der Waals surface area (Å²) in [6.45, 7) is 0. The van der Waals surface area contributed by atoms with Gasteiger partial charge in [0.15, 0.2) is 11.4 Å². The molecular weight excluding hydrogens is 552 g/mol. The maximum atomic E-state index is 14.8. The van der Waals surface area contributed by atoms with Gasteiger partial charge in [-0.25, -0.2) is 8.78 Å². The number of carbonyl (C=O) groups is 3. The Bertz CT molecular complexity index is 1630. The largest absolute Gasteiger partial charge is 0.508 e. The summed E-state index contributed by atoms with van der Waals surface area (Å²) in [4.78, 5) is 43.3. The SMILES string of the molecule is CNC(=O)C1=C(O)[C@@]2(O)C(=O)C3=C(O)c4c(O)c(-c5ccc(F)cc5F)cc(N(C)C)c4C[C@H]3C[C@H]2[C@H](N(C)C)C1=O. The fourth-order valence-electron chi connectivity index (χ4n) is 6.71. The Morgan fingerprint density at radius 1 is 1.05 bits per heavy atom. The number of aliphatic hydroxyl groups is 3. The summed E-state index contributed by atoms with van der Waals surface area (Å²) in [6, 6.07) is 3.16. The molecule has 3 aliphatic carbocycles. The number of aromatic hydroxyl groups is 1. The maximum absolute atomic E-state index is 14.8. The van der Waals surface area contributed by atoms with Crippen molar-refractivity contribution in [2.24, 2.45) is 11.8 Å². The third-order valence-corrected chi connectivity index (χ3v) is 8.61. The highest BCUT2D eigenvalue weighted by Crippen LogP contribution is 2.55. The molecule has 0 bridgehead atoms. The van der Waals surface area contributed by atoms with Gasteiger partial charge in [-0.3, -0.25) is 19.3 Å². The predicted molar refractivity (Wildman–Crippen MR) is 149 cm³/mol. The average Bonchev–Trinajstić information content (AvgIpc) is 2.90. The minimum Gasteiger partial charge on any atom is -0.508 e. The Hall–Kier alpha value is -4.29. The van der Waals surface area contributed by atoms with Gasteiger partial charge in [0, 0.05) is 55.5 Å². The van der Waals surface area contributed by atoms with E-state index >= 15 is 0 Å². The zero-order chi connectivity index (χ0) is 31.0. The minimum atomic E-state index is -2.73. The summed E-state index contributed by atoms with van der Waals surface area (Å²) >= 11 is 0. The first-order chi connectivity index (χ1) is 19.7. The van der Waals surface area contributed by atoms with Crippen LogP contribution in [0.5, 0.6) is 5.75 Å². The number of hydrogen-bond acceptors (Lipinski definition) is 9. The van der Waals surface area contributed by atoms with Crippen LogP contribution in [-0.2, 0) is 20.8 Å². The van der Waals surface area contributed by atoms with E-state index in [0.29, 0.717) is 17.3 Å². The van der Waals surface area contributed by atoms with E-state index in [2.05, 4.69) is 5.32 Å². The monoisotopic (exact) mass is 583 g/mol. The van der Waals surface area contributed by atoms with Crippen molar-refractivity contribution in [3.63, 3.8) is 0 Å². The maximum Gasteiger partial charge on any atom is 0.258 e. The van der Waals surface area contributed by atoms with Crippen molar-refractivity contribution >= 4 is 28.9 Å². The van der Waals surface area contributed by atoms with E-state index in [0.717, 1.165) is 12.1 Å². The first-order valence-electron chi connectivity index (χ1n) is 13.2. The van der Waals surface area contributed by atoms with Gasteiger partial charge in [-0.05, 0) is 56.6 Å². The molecule has 1 saturated carbocycles. The summed E-state index contributed by atoms with van der Waals surface area (Å²) in [5, 5.41) is 48.2. The molecule has 222 valence electrons. The molecule has 3 aliphatic rings. The number of carbonyl (C=O) groups excluding carboxylic acids is 3. The van der Waals surface area contributed by atoms with Gasteiger partial charge in [0.1, 0.15) is 34.5 Å². The number of aliphatic hydroxyl groups excluding tert-OH is 2. The number of benzene rings is 2. The molecule has 0 saturated heterocycles. The lowest BCUT2D eigenvalue weighted by atomic mass is 9.57. The van der Waals surface area contributed by atoms with Gasteiger partial charge >= 0.3 is 0 Å². The van der Waals surface area contributed by atoms with Crippen LogP contribution in [0, 0.1) is 23.5 Å². The molecule has 0 aromatic heterocycles. The first-order valence-corrected chi connectivity index (χ1v) is 13.2. The number of amides is 1. The molecule has 2 aromatic rings. The van der Waals surface area contributed by atoms with Crippen LogP contribution in [0.1, 0.15) is 17.5 Å². The van der Waals surface area contributed by atoms with E-state index in [4.69, 9.17) is 0 Å². The average molecular weight is 584 g/mol. The normalized spacial score (nSPS) is 25.3. The second-order valence-corrected chi connectivity index (χ2v) is 11.3. The number of halogens is 2. The van der Waals surface area contributed by atoms with Crippen LogP contribution in [0.3, 0.4) is 0 Å². The highest BCUT2D eigenvalue weighted by molar-refractivity contribution is 6.25. The number of anilines is 1. The molecule has 0 aliphatic heterocycles. The number of nitrogens with zero attached hydrogens (tertiary/aromatic N) is 2. The molecule has 2 aromatic carbocycles. The van der Waals surface area contributed by atoms with Gasteiger partial charge in [0.05, 0.1) is 11.6 Å². The van der Waals surface area contributed by atoms with Crippen molar-refractivity contribution in [1.29, 1.82) is 0 Å². The molecule has 0 heterocycles. The van der Waals surface area contributed by atoms with Crippen LogP contribution in [0.4, 0.5) is 14.5 Å². The van der Waals surface area contributed by atoms with Crippen LogP contribution in [0.25, 0.3) is 16.9 Å². The summed E-state index contributed by atoms with van der Waals surface area (Å²) < 4.78 is 28.5. The molecule has 0 unspecified atom stereocenters. The van der Waals surface area contributed by atoms with Crippen molar-refractivity contribution in [2.45, 2.75) is 24.5 Å². The number of phenols is 1. The van der Waals surface area contributed by atoms with E-state index in [9.17, 15) is 43.6 Å². The quantitative estimate of drug-likeness (QED) is 0.342. The molecular formula is C30H31F2N3O7. The minimum absolute atomic E-state index is 0.0390. The number of ketones is 2. The van der Waals surface area contributed by atoms with Crippen molar-refractivity contribution in [2.75, 3.05) is 40.1 Å². The molecule has 0 spiro atoms. The third kappa shape index (κ3) is 3.92. The summed E-state index contributed by atoms with van der Waals surface area (Å²) in [5.41, 5.74) is -3.27. The van der Waals surface area contributed by atoms with Crippen molar-refractivity contribution in [1.82, 2.24) is 10.2 Å². The molecule has 5 N–H and O–H groups in total.